The number of halogens is 1. The van der Waals surface area contributed by atoms with Gasteiger partial charge in [0, 0.05) is 23.1 Å². The average Bonchev–Trinajstić information content (AvgIpc) is 2.94. The summed E-state index contributed by atoms with van der Waals surface area (Å²) in [6.07, 6.45) is 7.42. The number of rotatable bonds is 4. The normalized spacial score (nSPS) is 10.2. The van der Waals surface area contributed by atoms with Crippen molar-refractivity contribution in [2.24, 2.45) is 0 Å². The first-order valence-corrected chi connectivity index (χ1v) is 6.49. The molecule has 0 aliphatic heterocycles. The molecule has 0 aliphatic carbocycles. The summed E-state index contributed by atoms with van der Waals surface area (Å²) in [5.74, 6) is 0.660. The van der Waals surface area contributed by atoms with Gasteiger partial charge < -0.3 is 26.1 Å². The number of aromatic nitrogens is 2. The van der Waals surface area contributed by atoms with Gasteiger partial charge in [-0.2, -0.15) is 0 Å². The van der Waals surface area contributed by atoms with Gasteiger partial charge in [0.15, 0.2) is 0 Å². The minimum atomic E-state index is -0.366. The number of hydrogen-bond donors (Lipinski definition) is 0. The lowest BCUT2D eigenvalue weighted by Gasteiger charge is -2.05. The van der Waals surface area contributed by atoms with Crippen molar-refractivity contribution in [2.75, 3.05) is 7.11 Å². The minimum absolute atomic E-state index is 0. The van der Waals surface area contributed by atoms with Crippen LogP contribution >= 0.6 is 0 Å². The molecule has 1 aromatic carbocycles. The van der Waals surface area contributed by atoms with Crippen molar-refractivity contribution in [1.82, 2.24) is 4.57 Å². The maximum Gasteiger partial charge on any atom is 0.336 e. The number of imidazole rings is 1. The van der Waals surface area contributed by atoms with E-state index in [1.807, 2.05) is 40.0 Å². The maximum absolute atomic E-state index is 11.7. The van der Waals surface area contributed by atoms with Crippen molar-refractivity contribution in [1.29, 1.82) is 0 Å². The molecule has 0 saturated carbocycles. The number of methoxy groups -OCH3 is 1. The summed E-state index contributed by atoms with van der Waals surface area (Å²) >= 11 is 0. The van der Waals surface area contributed by atoms with Crippen molar-refractivity contribution < 1.29 is 30.7 Å². The van der Waals surface area contributed by atoms with E-state index in [2.05, 4.69) is 6.58 Å². The molecule has 2 aromatic heterocycles. The highest BCUT2D eigenvalue weighted by atomic mass is 79.9. The third kappa shape index (κ3) is 3.12. The minimum Gasteiger partial charge on any atom is -1.00 e. The molecule has 3 aromatic rings. The molecule has 0 saturated heterocycles. The fourth-order valence-electron chi connectivity index (χ4n) is 2.28. The second-order valence-corrected chi connectivity index (χ2v) is 4.67. The summed E-state index contributed by atoms with van der Waals surface area (Å²) < 4.78 is 14.2. The molecule has 0 fully saturated rings. The maximum atomic E-state index is 11.7. The molecule has 114 valence electrons. The fourth-order valence-corrected chi connectivity index (χ4v) is 2.28. The van der Waals surface area contributed by atoms with Crippen LogP contribution in [-0.4, -0.2) is 11.7 Å². The average molecular weight is 363 g/mol. The summed E-state index contributed by atoms with van der Waals surface area (Å²) in [6, 6.07) is 7.00. The first-order chi connectivity index (χ1) is 10.2. The van der Waals surface area contributed by atoms with Gasteiger partial charge in [-0.05, 0) is 12.1 Å². The van der Waals surface area contributed by atoms with Crippen LogP contribution in [0.2, 0.25) is 0 Å². The summed E-state index contributed by atoms with van der Waals surface area (Å²) in [5, 5.41) is 0.897. The smallest absolute Gasteiger partial charge is 0.336 e. The molecule has 0 atom stereocenters. The van der Waals surface area contributed by atoms with Crippen LogP contribution in [0.25, 0.3) is 17.2 Å². The summed E-state index contributed by atoms with van der Waals surface area (Å²) in [6.45, 7) is 4.28. The Balaban J connectivity index is 0.00000176. The SMILES string of the molecule is C=Cn1cc[n+](Cc2cc(=O)oc3cc(OC)ccc23)c1.[Br-]. The Bertz CT molecular complexity index is 867. The van der Waals surface area contributed by atoms with E-state index in [0.717, 1.165) is 10.9 Å². The fraction of sp³-hybridized carbons (Fsp3) is 0.125. The van der Waals surface area contributed by atoms with Crippen LogP contribution in [0.5, 0.6) is 5.75 Å². The van der Waals surface area contributed by atoms with Gasteiger partial charge in [0.05, 0.1) is 13.3 Å². The summed E-state index contributed by atoms with van der Waals surface area (Å²) in [4.78, 5) is 11.7. The van der Waals surface area contributed by atoms with Crippen molar-refractivity contribution >= 4 is 17.2 Å². The second-order valence-electron chi connectivity index (χ2n) is 4.67. The summed E-state index contributed by atoms with van der Waals surface area (Å²) in [7, 11) is 1.58. The van der Waals surface area contributed by atoms with E-state index in [-0.39, 0.29) is 22.6 Å². The van der Waals surface area contributed by atoms with E-state index >= 15 is 0 Å². The van der Waals surface area contributed by atoms with Gasteiger partial charge in [0.25, 0.3) is 0 Å². The van der Waals surface area contributed by atoms with Crippen molar-refractivity contribution in [3.63, 3.8) is 0 Å². The molecule has 0 aliphatic rings. The largest absolute Gasteiger partial charge is 1.00 e. The second kappa shape index (κ2) is 6.62. The van der Waals surface area contributed by atoms with E-state index < -0.39 is 0 Å². The van der Waals surface area contributed by atoms with Crippen LogP contribution < -0.4 is 31.9 Å². The van der Waals surface area contributed by atoms with Crippen molar-refractivity contribution in [3.05, 3.63) is 65.5 Å². The lowest BCUT2D eigenvalue weighted by atomic mass is 10.1. The number of fused-ring (bicyclic) bond motifs is 1. The van der Waals surface area contributed by atoms with Crippen LogP contribution in [0.3, 0.4) is 0 Å². The van der Waals surface area contributed by atoms with Crippen LogP contribution in [0.1, 0.15) is 5.56 Å². The molecule has 3 rings (SSSR count). The van der Waals surface area contributed by atoms with Crippen LogP contribution in [0, 0.1) is 0 Å². The number of benzene rings is 1. The Morgan fingerprint density at radius 2 is 2.23 bits per heavy atom. The Labute approximate surface area is 137 Å². The molecule has 6 heteroatoms. The Morgan fingerprint density at radius 1 is 1.41 bits per heavy atom. The molecule has 0 amide bonds. The van der Waals surface area contributed by atoms with Gasteiger partial charge in [-0.1, -0.05) is 6.58 Å². The number of nitrogens with zero attached hydrogens (tertiary/aromatic N) is 2. The molecular weight excluding hydrogens is 348 g/mol. The summed E-state index contributed by atoms with van der Waals surface area (Å²) in [5.41, 5.74) is 1.06. The van der Waals surface area contributed by atoms with Crippen LogP contribution in [-0.2, 0) is 6.54 Å². The zero-order valence-corrected chi connectivity index (χ0v) is 13.6. The lowest BCUT2D eigenvalue weighted by Crippen LogP contribution is -3.00. The van der Waals surface area contributed by atoms with Gasteiger partial charge in [-0.15, -0.1) is 0 Å². The molecule has 0 unspecified atom stereocenters. The molecule has 0 bridgehead atoms. The third-order valence-electron chi connectivity index (χ3n) is 3.31. The van der Waals surface area contributed by atoms with Crippen molar-refractivity contribution in [3.8, 4) is 5.75 Å². The Morgan fingerprint density at radius 3 is 2.91 bits per heavy atom. The molecular formula is C16H15BrN2O3. The monoisotopic (exact) mass is 362 g/mol. The zero-order chi connectivity index (χ0) is 14.8. The van der Waals surface area contributed by atoms with E-state index in [1.165, 1.54) is 6.07 Å². The Hall–Kier alpha value is -2.34. The molecule has 0 spiro atoms. The van der Waals surface area contributed by atoms with Gasteiger partial charge in [-0.3, -0.25) is 0 Å². The number of hydrogen-bond acceptors (Lipinski definition) is 3. The quantitative estimate of drug-likeness (QED) is 0.444. The van der Waals surface area contributed by atoms with Crippen molar-refractivity contribution in [2.45, 2.75) is 6.54 Å². The van der Waals surface area contributed by atoms with Crippen LogP contribution in [0.15, 0.2) is 58.8 Å². The van der Waals surface area contributed by atoms with Crippen LogP contribution in [0.4, 0.5) is 0 Å². The highest BCUT2D eigenvalue weighted by molar-refractivity contribution is 5.81. The third-order valence-corrected chi connectivity index (χ3v) is 3.31. The van der Waals surface area contributed by atoms with E-state index in [0.29, 0.717) is 17.9 Å². The zero-order valence-electron chi connectivity index (χ0n) is 12.0. The van der Waals surface area contributed by atoms with E-state index in [4.69, 9.17) is 9.15 Å². The first kappa shape index (κ1) is 16.0. The predicted octanol–water partition coefficient (Wildman–Crippen LogP) is -0.957. The predicted molar refractivity (Wildman–Crippen MR) is 79.2 cm³/mol. The first-order valence-electron chi connectivity index (χ1n) is 6.49. The molecule has 0 radical (unpaired) electrons. The topological polar surface area (TPSA) is 48.2 Å². The molecule has 5 nitrogen and oxygen atoms in total. The van der Waals surface area contributed by atoms with E-state index in [9.17, 15) is 4.79 Å². The standard InChI is InChI=1S/C16H15N2O3.BrH/c1-3-17-6-7-18(11-17)10-12-8-16(19)21-15-9-13(20-2)4-5-14(12)15;/h3-9,11H,1,10H2,2H3;1H/q+1;/p-1. The van der Waals surface area contributed by atoms with Gasteiger partial charge in [-0.25, -0.2) is 13.9 Å². The highest BCUT2D eigenvalue weighted by Crippen LogP contribution is 2.22. The molecule has 2 heterocycles. The Kier molecular flexibility index (Phi) is 4.82. The van der Waals surface area contributed by atoms with Gasteiger partial charge in [0.1, 0.15) is 30.3 Å². The van der Waals surface area contributed by atoms with Gasteiger partial charge >= 0.3 is 5.63 Å². The molecule has 22 heavy (non-hydrogen) atoms. The molecule has 0 N–H and O–H groups in total. The number of ether oxygens (including phenoxy) is 1. The van der Waals surface area contributed by atoms with Gasteiger partial charge in [0.2, 0.25) is 6.33 Å². The lowest BCUT2D eigenvalue weighted by molar-refractivity contribution is -0.687. The highest BCUT2D eigenvalue weighted by Gasteiger charge is 2.10. The van der Waals surface area contributed by atoms with E-state index in [1.54, 1.807) is 19.4 Å².